The van der Waals surface area contributed by atoms with Crippen LogP contribution >= 0.6 is 0 Å². The predicted octanol–water partition coefficient (Wildman–Crippen LogP) is 6.58. The maximum Gasteiger partial charge on any atom is 0.333 e. The van der Waals surface area contributed by atoms with Crippen molar-refractivity contribution >= 4 is 16.7 Å². The zero-order chi connectivity index (χ0) is 25.9. The van der Waals surface area contributed by atoms with Gasteiger partial charge >= 0.3 is 5.97 Å². The van der Waals surface area contributed by atoms with Crippen molar-refractivity contribution in [1.29, 1.82) is 0 Å². The van der Waals surface area contributed by atoms with Gasteiger partial charge < -0.3 is 18.9 Å². The highest BCUT2D eigenvalue weighted by Gasteiger charge is 2.16. The third-order valence-corrected chi connectivity index (χ3v) is 5.82. The van der Waals surface area contributed by atoms with E-state index in [-0.39, 0.29) is 13.2 Å². The molecule has 0 fully saturated rings. The predicted molar refractivity (Wildman–Crippen MR) is 146 cm³/mol. The van der Waals surface area contributed by atoms with E-state index in [0.717, 1.165) is 29.4 Å². The largest absolute Gasteiger partial charge is 0.492 e. The summed E-state index contributed by atoms with van der Waals surface area (Å²) >= 11 is 0. The Kier molecular flexibility index (Phi) is 9.19. The Bertz CT molecular complexity index is 1320. The number of hydrogen-bond acceptors (Lipinski definition) is 5. The molecule has 0 N–H and O–H groups in total. The minimum Gasteiger partial charge on any atom is -0.492 e. The van der Waals surface area contributed by atoms with Gasteiger partial charge in [0, 0.05) is 35.3 Å². The Balaban J connectivity index is 1.54. The highest BCUT2D eigenvalue weighted by atomic mass is 16.6. The minimum absolute atomic E-state index is 0.103. The van der Waals surface area contributed by atoms with Gasteiger partial charge in [-0.05, 0) is 18.1 Å². The monoisotopic (exact) mass is 496 g/mol. The number of benzene rings is 4. The second kappa shape index (κ2) is 13.2. The minimum atomic E-state index is -0.439. The Morgan fingerprint density at radius 2 is 1.19 bits per heavy atom. The Morgan fingerprint density at radius 3 is 1.81 bits per heavy atom. The van der Waals surface area contributed by atoms with Gasteiger partial charge in [-0.25, -0.2) is 4.79 Å². The Morgan fingerprint density at radius 1 is 0.649 bits per heavy atom. The first-order valence-corrected chi connectivity index (χ1v) is 12.5. The molecule has 0 atom stereocenters. The van der Waals surface area contributed by atoms with Crippen LogP contribution in [0, 0.1) is 0 Å². The van der Waals surface area contributed by atoms with Gasteiger partial charge in [0.1, 0.15) is 19.0 Å². The van der Waals surface area contributed by atoms with E-state index < -0.39 is 5.97 Å². The maximum absolute atomic E-state index is 11.7. The van der Waals surface area contributed by atoms with Crippen molar-refractivity contribution in [3.05, 3.63) is 114 Å². The first-order chi connectivity index (χ1) is 18.1. The summed E-state index contributed by atoms with van der Waals surface area (Å²) in [7, 11) is 0. The summed E-state index contributed by atoms with van der Waals surface area (Å²) in [5.41, 5.74) is 2.76. The highest BCUT2D eigenvalue weighted by Crippen LogP contribution is 2.42. The summed E-state index contributed by atoms with van der Waals surface area (Å²) in [5.74, 6) is 1.48. The molecule has 0 spiro atoms. The molecule has 4 aromatic rings. The molecule has 0 amide bonds. The fourth-order valence-electron chi connectivity index (χ4n) is 3.91. The van der Waals surface area contributed by atoms with Crippen LogP contribution in [0.25, 0.3) is 10.8 Å². The Labute approximate surface area is 218 Å². The first kappa shape index (κ1) is 25.8. The normalized spacial score (nSPS) is 10.6. The molecule has 4 rings (SSSR count). The van der Waals surface area contributed by atoms with E-state index in [1.807, 2.05) is 66.7 Å². The van der Waals surface area contributed by atoms with Gasteiger partial charge in [0.25, 0.3) is 0 Å². The summed E-state index contributed by atoms with van der Waals surface area (Å²) in [6.45, 7) is 6.52. The Hall–Kier alpha value is -4.25. The number of rotatable bonds is 13. The lowest BCUT2D eigenvalue weighted by Crippen LogP contribution is -2.13. The molecule has 190 valence electrons. The molecule has 0 saturated heterocycles. The molecule has 0 bridgehead atoms. The van der Waals surface area contributed by atoms with Gasteiger partial charge in [-0.2, -0.15) is 0 Å². The van der Waals surface area contributed by atoms with Crippen molar-refractivity contribution < 1.29 is 23.7 Å². The molecule has 0 radical (unpaired) electrons. The summed E-state index contributed by atoms with van der Waals surface area (Å²) in [5, 5.41) is 1.85. The van der Waals surface area contributed by atoms with E-state index >= 15 is 0 Å². The van der Waals surface area contributed by atoms with Gasteiger partial charge in [-0.3, -0.25) is 0 Å². The standard InChI is InChI=1S/C32H32O5/c1-24(2)32(33)37-22-21-35-30-23-29(34-19-17-25-11-5-3-6-12-25)27-15-9-10-16-28(27)31(30)36-20-18-26-13-7-4-8-14-26/h3-16,23H,1,17-22H2,2H3. The topological polar surface area (TPSA) is 54.0 Å². The molecule has 0 saturated carbocycles. The molecule has 0 aliphatic carbocycles. The molecule has 4 aromatic carbocycles. The average molecular weight is 497 g/mol. The SMILES string of the molecule is C=C(C)C(=O)OCCOc1cc(OCCc2ccccc2)c2ccccc2c1OCCc1ccccc1. The lowest BCUT2D eigenvalue weighted by atomic mass is 10.1. The summed E-state index contributed by atoms with van der Waals surface area (Å²) in [6, 6.07) is 30.3. The number of esters is 1. The number of hydrogen-bond donors (Lipinski definition) is 0. The molecule has 5 nitrogen and oxygen atoms in total. The van der Waals surface area contributed by atoms with Gasteiger partial charge in [0.2, 0.25) is 0 Å². The number of fused-ring (bicyclic) bond motifs is 1. The van der Waals surface area contributed by atoms with Gasteiger partial charge in [-0.15, -0.1) is 0 Å². The van der Waals surface area contributed by atoms with Crippen LogP contribution in [0.15, 0.2) is 103 Å². The van der Waals surface area contributed by atoms with Gasteiger partial charge in [0.15, 0.2) is 11.5 Å². The third-order valence-electron chi connectivity index (χ3n) is 5.82. The quantitative estimate of drug-likeness (QED) is 0.119. The molecule has 5 heteroatoms. The second-order valence-corrected chi connectivity index (χ2v) is 8.68. The smallest absolute Gasteiger partial charge is 0.333 e. The molecule has 0 heterocycles. The van der Waals surface area contributed by atoms with Crippen molar-refractivity contribution in [1.82, 2.24) is 0 Å². The molecular weight excluding hydrogens is 464 g/mol. The van der Waals surface area contributed by atoms with Crippen LogP contribution in [0.2, 0.25) is 0 Å². The zero-order valence-electron chi connectivity index (χ0n) is 21.2. The van der Waals surface area contributed by atoms with Crippen molar-refractivity contribution in [3.8, 4) is 17.2 Å². The summed E-state index contributed by atoms with van der Waals surface area (Å²) in [6.07, 6.45) is 1.55. The molecule has 0 unspecified atom stereocenters. The molecule has 0 aliphatic heterocycles. The third kappa shape index (κ3) is 7.37. The summed E-state index contributed by atoms with van der Waals surface area (Å²) < 4.78 is 23.8. The van der Waals surface area contributed by atoms with E-state index in [4.69, 9.17) is 18.9 Å². The van der Waals surface area contributed by atoms with Crippen LogP contribution in [0.4, 0.5) is 0 Å². The van der Waals surface area contributed by atoms with Crippen molar-refractivity contribution in [2.75, 3.05) is 26.4 Å². The molecule has 37 heavy (non-hydrogen) atoms. The van der Waals surface area contributed by atoms with Crippen LogP contribution in [-0.4, -0.2) is 32.4 Å². The zero-order valence-corrected chi connectivity index (χ0v) is 21.2. The lowest BCUT2D eigenvalue weighted by molar-refractivity contribution is -0.139. The van der Waals surface area contributed by atoms with Crippen molar-refractivity contribution in [2.24, 2.45) is 0 Å². The van der Waals surface area contributed by atoms with E-state index in [2.05, 4.69) is 30.8 Å². The molecular formula is C32H32O5. The van der Waals surface area contributed by atoms with Gasteiger partial charge in [-0.1, -0.05) is 91.5 Å². The number of carbonyl (C=O) groups is 1. The van der Waals surface area contributed by atoms with Crippen molar-refractivity contribution in [3.63, 3.8) is 0 Å². The van der Waals surface area contributed by atoms with E-state index in [0.29, 0.717) is 30.3 Å². The maximum atomic E-state index is 11.7. The van der Waals surface area contributed by atoms with Crippen LogP contribution in [0.3, 0.4) is 0 Å². The number of ether oxygens (including phenoxy) is 4. The number of carbonyl (C=O) groups excluding carboxylic acids is 1. The fraction of sp³-hybridized carbons (Fsp3) is 0.219. The van der Waals surface area contributed by atoms with E-state index in [1.165, 1.54) is 11.1 Å². The van der Waals surface area contributed by atoms with E-state index in [9.17, 15) is 4.79 Å². The lowest BCUT2D eigenvalue weighted by Gasteiger charge is -2.18. The van der Waals surface area contributed by atoms with E-state index in [1.54, 1.807) is 6.92 Å². The summed E-state index contributed by atoms with van der Waals surface area (Å²) in [4.78, 5) is 11.7. The van der Waals surface area contributed by atoms with Crippen molar-refractivity contribution in [2.45, 2.75) is 19.8 Å². The van der Waals surface area contributed by atoms with Crippen LogP contribution in [0.1, 0.15) is 18.1 Å². The molecule has 0 aliphatic rings. The first-order valence-electron chi connectivity index (χ1n) is 12.5. The fourth-order valence-corrected chi connectivity index (χ4v) is 3.91. The highest BCUT2D eigenvalue weighted by molar-refractivity contribution is 5.95. The van der Waals surface area contributed by atoms with Gasteiger partial charge in [0.05, 0.1) is 13.2 Å². The van der Waals surface area contributed by atoms with Crippen LogP contribution in [0.5, 0.6) is 17.2 Å². The second-order valence-electron chi connectivity index (χ2n) is 8.68. The van der Waals surface area contributed by atoms with Crippen LogP contribution in [-0.2, 0) is 22.4 Å². The van der Waals surface area contributed by atoms with Crippen LogP contribution < -0.4 is 14.2 Å². The average Bonchev–Trinajstić information content (AvgIpc) is 2.93. The molecule has 0 aromatic heterocycles.